The zero-order valence-corrected chi connectivity index (χ0v) is 89.6. The summed E-state index contributed by atoms with van der Waals surface area (Å²) >= 11 is 0. The molecule has 824 valence electrons. The molecule has 0 unspecified atom stereocenters. The Morgan fingerprint density at radius 2 is 0.392 bits per heavy atom. The number of carbonyl (C=O) groups excluding carboxylic acids is 16. The topological polar surface area (TPSA) is 495 Å². The second-order valence-corrected chi connectivity index (χ2v) is 41.2. The highest BCUT2D eigenvalue weighted by molar-refractivity contribution is 5.79. The molecule has 0 aliphatic heterocycles. The molecule has 11 aliphatic carbocycles. The number of hydrogen-bond acceptors (Lipinski definition) is 40. The normalized spacial score (nSPS) is 22.0. The zero-order valence-electron chi connectivity index (χ0n) is 89.6. The van der Waals surface area contributed by atoms with Gasteiger partial charge in [0.2, 0.25) is 0 Å². The summed E-state index contributed by atoms with van der Waals surface area (Å²) in [5.41, 5.74) is -3.21. The second-order valence-electron chi connectivity index (χ2n) is 41.2. The summed E-state index contributed by atoms with van der Waals surface area (Å²) in [7, 11) is 11.9. The summed E-state index contributed by atoms with van der Waals surface area (Å²) in [5, 5.41) is 0. The van der Waals surface area contributed by atoms with Gasteiger partial charge in [-0.1, -0.05) is 0 Å². The van der Waals surface area contributed by atoms with Crippen molar-refractivity contribution in [3.63, 3.8) is 0 Å². The lowest BCUT2D eigenvalue weighted by Crippen LogP contribution is -2.58. The van der Waals surface area contributed by atoms with E-state index in [1.54, 1.807) is 62.3 Å². The van der Waals surface area contributed by atoms with E-state index in [1.807, 2.05) is 20.8 Å². The molecule has 0 aromatic carbocycles. The van der Waals surface area contributed by atoms with Crippen molar-refractivity contribution in [2.75, 3.05) is 163 Å². The van der Waals surface area contributed by atoms with Crippen molar-refractivity contribution in [1.82, 2.24) is 0 Å². The van der Waals surface area contributed by atoms with Crippen LogP contribution in [0.5, 0.6) is 0 Å². The molecule has 0 aromatic heterocycles. The van der Waals surface area contributed by atoms with Crippen LogP contribution >= 0.6 is 0 Å². The van der Waals surface area contributed by atoms with Crippen molar-refractivity contribution in [1.29, 1.82) is 0 Å². The van der Waals surface area contributed by atoms with E-state index in [-0.39, 0.29) is 219 Å². The minimum Gasteiger partial charge on any atom is -0.465 e. The Kier molecular flexibility index (Phi) is 62.5. The molecule has 11 aliphatic rings. The lowest BCUT2D eigenvalue weighted by atomic mass is 9.50. The van der Waals surface area contributed by atoms with Gasteiger partial charge in [-0.3, -0.25) is 52.7 Å². The SMILES string of the molecule is COCC(=O)OCCC(=O)OC(C)(C)C.COCC(=O)OCCC(=O)OC1(C)CCCC1.COCCC(=O)OCC(=O)OC(C)(C)C.COCCC(=O)OCC(=O)OC1(C)C2CC3CC(C2)CC1C3.COCCC(=O)OCC(=O)OC1(C)CCCC1.COCCC(=O)OCCC(=O)OC(C)(C)C.COCCC(=O)OCCC(=O)OC1(C)C2CC3CC(C2)CC1C3.COCCC(=O)OCCC(=O)OC1(C)CCCC1. The second kappa shape index (κ2) is 68.6. The molecule has 143 heavy (non-hydrogen) atoms. The largest absolute Gasteiger partial charge is 0.465 e. The summed E-state index contributed by atoms with van der Waals surface area (Å²) in [6, 6.07) is 0. The number of hydrogen-bond donors (Lipinski definition) is 0. The Labute approximate surface area is 845 Å². The summed E-state index contributed by atoms with van der Waals surface area (Å²) in [6.45, 7) is 27.1. The van der Waals surface area contributed by atoms with Crippen molar-refractivity contribution in [2.45, 2.75) is 354 Å². The molecule has 8 bridgehead atoms. The lowest BCUT2D eigenvalue weighted by Gasteiger charge is -2.59. The molecule has 0 atom stereocenters. The van der Waals surface area contributed by atoms with Gasteiger partial charge in [0.25, 0.3) is 0 Å². The van der Waals surface area contributed by atoms with E-state index in [4.69, 9.17) is 94.7 Å². The van der Waals surface area contributed by atoms with Gasteiger partial charge in [0.1, 0.15) is 91.1 Å². The van der Waals surface area contributed by atoms with E-state index in [1.165, 1.54) is 121 Å². The molecule has 0 aromatic rings. The van der Waals surface area contributed by atoms with E-state index in [9.17, 15) is 76.7 Å². The van der Waals surface area contributed by atoms with Crippen molar-refractivity contribution < 1.29 is 190 Å². The Hall–Kier alpha value is -8.80. The van der Waals surface area contributed by atoms with Crippen LogP contribution in [-0.2, 0) is 190 Å². The van der Waals surface area contributed by atoms with Gasteiger partial charge in [-0.25, -0.2) is 24.0 Å². The quantitative estimate of drug-likeness (QED) is 0.0403. The van der Waals surface area contributed by atoms with Crippen molar-refractivity contribution >= 4 is 95.5 Å². The third-order valence-electron chi connectivity index (χ3n) is 25.0. The van der Waals surface area contributed by atoms with Gasteiger partial charge in [-0.15, -0.1) is 0 Å². The first-order valence-corrected chi connectivity index (χ1v) is 50.1. The van der Waals surface area contributed by atoms with Crippen LogP contribution < -0.4 is 0 Å². The molecule has 0 spiro atoms. The van der Waals surface area contributed by atoms with E-state index < -0.39 is 64.6 Å². The number of rotatable bonds is 48. The Balaban J connectivity index is 0.000000556. The lowest BCUT2D eigenvalue weighted by molar-refractivity contribution is -0.207. The van der Waals surface area contributed by atoms with Gasteiger partial charge in [0, 0.05) is 56.9 Å². The smallest absolute Gasteiger partial charge is 0.344 e. The standard InChI is InChI=1S/C18H28O5.C17H26O5.C13H22O5.2C12H20O5.C11H20O5.2C10H18O5/c1-18(14-8-12-7-13(10-14)11-15(18)9-12)23-17(20)4-6-22-16(19)3-5-21-2;1-17(22-16(19)10-21-15(18)3-4-20-2)13-6-11-5-12(8-13)9-14(17)7-11;1-13(7-3-4-8-13)18-12(15)6-10-17-11(14)5-9-16-2;1-12(6-3-4-7-12)17-10(13)5-8-16-11(14)9-15-2;1-12(6-3-4-7-12)17-11(14)9-16-10(13)5-8-15-2;1-11(2,3)16-10(13)6-8-15-9(12)5-7-14-4;1-10(2,3)15-8(11)5-6-14-9(12)7-13-4;1-10(2,3)15-9(12)7-14-8(11)5-6-13-4/h12-15H,3-11H2,1-2H3;11-14H,3-10H2,1-2H3;3-10H2,1-2H3;2*3-9H2,1-2H3;5-8H2,1-4H3;2*5-7H2,1-4H3. The fourth-order valence-corrected chi connectivity index (χ4v) is 18.5. The van der Waals surface area contributed by atoms with Gasteiger partial charge in [0.05, 0.1) is 110 Å². The average molecular weight is 2050 g/mol. The highest BCUT2D eigenvalue weighted by Crippen LogP contribution is 2.61. The number of esters is 16. The molecular weight excluding hydrogens is 1880 g/mol. The number of ether oxygens (including phenoxy) is 24. The summed E-state index contributed by atoms with van der Waals surface area (Å²) in [5.74, 6) is -0.979. The Morgan fingerprint density at radius 3 is 0.629 bits per heavy atom. The molecule has 0 N–H and O–H groups in total. The van der Waals surface area contributed by atoms with Crippen LogP contribution in [0.3, 0.4) is 0 Å². The van der Waals surface area contributed by atoms with Gasteiger partial charge >= 0.3 is 95.5 Å². The first-order valence-electron chi connectivity index (χ1n) is 50.1. The number of methoxy groups -OCH3 is 8. The highest BCUT2D eigenvalue weighted by Gasteiger charge is 2.59. The van der Waals surface area contributed by atoms with Crippen LogP contribution in [0.1, 0.15) is 309 Å². The molecule has 0 saturated heterocycles. The fourth-order valence-electron chi connectivity index (χ4n) is 18.5. The van der Waals surface area contributed by atoms with Crippen molar-refractivity contribution in [3.05, 3.63) is 0 Å². The van der Waals surface area contributed by atoms with Crippen LogP contribution in [0.25, 0.3) is 0 Å². The molecule has 0 heterocycles. The van der Waals surface area contributed by atoms with Crippen LogP contribution in [-0.4, -0.2) is 303 Å². The summed E-state index contributed by atoms with van der Waals surface area (Å²) in [4.78, 5) is 181. The molecule has 40 nitrogen and oxygen atoms in total. The predicted molar refractivity (Wildman–Crippen MR) is 513 cm³/mol. The molecule has 0 radical (unpaired) electrons. The van der Waals surface area contributed by atoms with Crippen molar-refractivity contribution in [2.24, 2.45) is 47.3 Å². The van der Waals surface area contributed by atoms with E-state index in [0.29, 0.717) is 56.7 Å². The molecule has 11 saturated carbocycles. The van der Waals surface area contributed by atoms with Crippen LogP contribution in [0.15, 0.2) is 0 Å². The third-order valence-corrected chi connectivity index (χ3v) is 25.0. The molecular formula is C103H172O40. The fraction of sp³-hybridized carbons (Fsp3) is 0.845. The van der Waals surface area contributed by atoms with Gasteiger partial charge in [0.15, 0.2) is 19.8 Å². The predicted octanol–water partition coefficient (Wildman–Crippen LogP) is 12.9. The molecule has 11 rings (SSSR count). The minimum atomic E-state index is -0.560. The third kappa shape index (κ3) is 59.0. The monoisotopic (exact) mass is 2050 g/mol. The van der Waals surface area contributed by atoms with Gasteiger partial charge < -0.3 is 114 Å². The van der Waals surface area contributed by atoms with Crippen LogP contribution in [0.2, 0.25) is 0 Å². The zero-order chi connectivity index (χ0) is 107. The maximum atomic E-state index is 12.2. The van der Waals surface area contributed by atoms with Crippen LogP contribution in [0.4, 0.5) is 0 Å². The minimum absolute atomic E-state index is 0.0249. The first kappa shape index (κ1) is 130. The highest BCUT2D eigenvalue weighted by atomic mass is 16.6. The summed E-state index contributed by atoms with van der Waals surface area (Å²) in [6.07, 6.45) is 26.0. The molecule has 0 amide bonds. The maximum absolute atomic E-state index is 12.2. The van der Waals surface area contributed by atoms with Gasteiger partial charge in [-0.05, 0) is 286 Å². The first-order chi connectivity index (χ1) is 67.2. The Bertz CT molecular complexity index is 3760. The number of carbonyl (C=O) groups is 16. The van der Waals surface area contributed by atoms with E-state index >= 15 is 0 Å². The van der Waals surface area contributed by atoms with Crippen molar-refractivity contribution in [3.8, 4) is 0 Å². The average Bonchev–Trinajstić information content (AvgIpc) is 1.57. The van der Waals surface area contributed by atoms with Gasteiger partial charge in [-0.2, -0.15) is 0 Å². The van der Waals surface area contributed by atoms with Crippen LogP contribution in [0, 0.1) is 47.3 Å². The van der Waals surface area contributed by atoms with E-state index in [0.717, 1.165) is 101 Å². The molecule has 40 heteroatoms. The maximum Gasteiger partial charge on any atom is 0.344 e. The summed E-state index contributed by atoms with van der Waals surface area (Å²) < 4.78 is 119. The Morgan fingerprint density at radius 1 is 0.203 bits per heavy atom. The van der Waals surface area contributed by atoms with E-state index in [2.05, 4.69) is 32.8 Å². The molecule has 11 fully saturated rings.